The summed E-state index contributed by atoms with van der Waals surface area (Å²) >= 11 is 0. The summed E-state index contributed by atoms with van der Waals surface area (Å²) in [5.74, 6) is 0.187. The molecule has 0 radical (unpaired) electrons. The molecule has 2 N–H and O–H groups in total. The fourth-order valence-corrected chi connectivity index (χ4v) is 2.33. The van der Waals surface area contributed by atoms with Gasteiger partial charge in [0.05, 0.1) is 13.2 Å². The average Bonchev–Trinajstić information content (AvgIpc) is 2.67. The monoisotopic (exact) mass is 354 g/mol. The van der Waals surface area contributed by atoms with Crippen LogP contribution in [0.2, 0.25) is 0 Å². The van der Waals surface area contributed by atoms with Gasteiger partial charge in [0.1, 0.15) is 5.75 Å². The Hall–Kier alpha value is -2.82. The van der Waals surface area contributed by atoms with Gasteiger partial charge in [0, 0.05) is 11.3 Å². The maximum Gasteiger partial charge on any atom is 0.251 e. The van der Waals surface area contributed by atoms with Gasteiger partial charge < -0.3 is 15.4 Å². The predicted molar refractivity (Wildman–Crippen MR) is 104 cm³/mol. The molecule has 2 aromatic carbocycles. The highest BCUT2D eigenvalue weighted by Gasteiger charge is 2.08. The van der Waals surface area contributed by atoms with Gasteiger partial charge in [-0.05, 0) is 54.8 Å². The first kappa shape index (κ1) is 19.5. The van der Waals surface area contributed by atoms with Crippen LogP contribution in [0.5, 0.6) is 5.75 Å². The Morgan fingerprint density at radius 3 is 2.27 bits per heavy atom. The Balaban J connectivity index is 1.78. The molecule has 2 rings (SSSR count). The van der Waals surface area contributed by atoms with Crippen LogP contribution in [0.15, 0.2) is 48.5 Å². The summed E-state index contributed by atoms with van der Waals surface area (Å²) in [6.07, 6.45) is 3.02. The number of nitrogens with one attached hydrogen (secondary N) is 2. The molecular weight excluding hydrogens is 328 g/mol. The molecule has 0 aliphatic rings. The lowest BCUT2D eigenvalue weighted by Crippen LogP contribution is -2.32. The number of rotatable bonds is 9. The van der Waals surface area contributed by atoms with E-state index in [2.05, 4.69) is 24.5 Å². The molecule has 0 saturated heterocycles. The highest BCUT2D eigenvalue weighted by molar-refractivity contribution is 5.99. The van der Waals surface area contributed by atoms with E-state index in [-0.39, 0.29) is 18.4 Å². The molecule has 0 unspecified atom stereocenters. The topological polar surface area (TPSA) is 67.4 Å². The predicted octanol–water partition coefficient (Wildman–Crippen LogP) is 3.80. The third kappa shape index (κ3) is 6.24. The number of amides is 2. The minimum absolute atomic E-state index is 0.0802. The van der Waals surface area contributed by atoms with Gasteiger partial charge in [0.25, 0.3) is 5.91 Å². The molecule has 2 amide bonds. The highest BCUT2D eigenvalue weighted by Crippen LogP contribution is 2.13. The molecule has 0 atom stereocenters. The van der Waals surface area contributed by atoms with Crippen LogP contribution in [-0.4, -0.2) is 25.0 Å². The number of hydrogen-bond acceptors (Lipinski definition) is 3. The van der Waals surface area contributed by atoms with Gasteiger partial charge in [0.2, 0.25) is 5.91 Å². The van der Waals surface area contributed by atoms with Crippen LogP contribution in [0.3, 0.4) is 0 Å². The molecule has 0 aromatic heterocycles. The molecule has 0 fully saturated rings. The maximum absolute atomic E-state index is 12.1. The van der Waals surface area contributed by atoms with Crippen molar-refractivity contribution in [2.75, 3.05) is 18.5 Å². The minimum atomic E-state index is -0.290. The lowest BCUT2D eigenvalue weighted by atomic mass is 10.1. The summed E-state index contributed by atoms with van der Waals surface area (Å²) in [4.78, 5) is 24.1. The standard InChI is InChI=1S/C21H26N2O3/c1-3-5-14-26-19-12-8-17(9-13-19)21(25)22-15-20(24)23-18-10-6-16(4-2)7-11-18/h6-13H,3-5,14-15H2,1-2H3,(H,22,25)(H,23,24). The summed E-state index contributed by atoms with van der Waals surface area (Å²) in [7, 11) is 0. The van der Waals surface area contributed by atoms with Crippen molar-refractivity contribution < 1.29 is 14.3 Å². The van der Waals surface area contributed by atoms with Gasteiger partial charge in [-0.25, -0.2) is 0 Å². The van der Waals surface area contributed by atoms with Crippen molar-refractivity contribution >= 4 is 17.5 Å². The Morgan fingerprint density at radius 2 is 1.65 bits per heavy atom. The van der Waals surface area contributed by atoms with E-state index >= 15 is 0 Å². The third-order valence-electron chi connectivity index (χ3n) is 3.94. The van der Waals surface area contributed by atoms with E-state index in [1.54, 1.807) is 24.3 Å². The molecule has 138 valence electrons. The quantitative estimate of drug-likeness (QED) is 0.673. The van der Waals surface area contributed by atoms with Crippen molar-refractivity contribution in [3.05, 3.63) is 59.7 Å². The molecule has 0 bridgehead atoms. The smallest absolute Gasteiger partial charge is 0.251 e. The number of carbonyl (C=O) groups excluding carboxylic acids is 2. The van der Waals surface area contributed by atoms with Gasteiger partial charge in [-0.15, -0.1) is 0 Å². The van der Waals surface area contributed by atoms with E-state index in [9.17, 15) is 9.59 Å². The molecule has 5 heteroatoms. The molecule has 0 spiro atoms. The van der Waals surface area contributed by atoms with Gasteiger partial charge >= 0.3 is 0 Å². The van der Waals surface area contributed by atoms with Crippen molar-refractivity contribution in [3.8, 4) is 5.75 Å². The molecule has 0 heterocycles. The fraction of sp³-hybridized carbons (Fsp3) is 0.333. The molecule has 5 nitrogen and oxygen atoms in total. The first-order chi connectivity index (χ1) is 12.6. The fourth-order valence-electron chi connectivity index (χ4n) is 2.33. The van der Waals surface area contributed by atoms with Crippen molar-refractivity contribution in [2.24, 2.45) is 0 Å². The number of aryl methyl sites for hydroxylation is 1. The molecular formula is C21H26N2O3. The highest BCUT2D eigenvalue weighted by atomic mass is 16.5. The number of ether oxygens (including phenoxy) is 1. The van der Waals surface area contributed by atoms with E-state index in [0.717, 1.165) is 30.7 Å². The maximum atomic E-state index is 12.1. The lowest BCUT2D eigenvalue weighted by Gasteiger charge is -2.09. The first-order valence-corrected chi connectivity index (χ1v) is 9.02. The summed E-state index contributed by atoms with van der Waals surface area (Å²) in [5, 5.41) is 5.39. The Bertz CT molecular complexity index is 709. The van der Waals surface area contributed by atoms with E-state index in [1.807, 2.05) is 24.3 Å². The van der Waals surface area contributed by atoms with Gasteiger partial charge in [0.15, 0.2) is 0 Å². The number of carbonyl (C=O) groups is 2. The van der Waals surface area contributed by atoms with E-state index in [4.69, 9.17) is 4.74 Å². The first-order valence-electron chi connectivity index (χ1n) is 9.02. The van der Waals surface area contributed by atoms with Crippen LogP contribution >= 0.6 is 0 Å². The Morgan fingerprint density at radius 1 is 0.962 bits per heavy atom. The third-order valence-corrected chi connectivity index (χ3v) is 3.94. The van der Waals surface area contributed by atoms with Crippen molar-refractivity contribution in [1.29, 1.82) is 0 Å². The van der Waals surface area contributed by atoms with Crippen LogP contribution in [0.25, 0.3) is 0 Å². The second kappa shape index (κ2) is 10.2. The van der Waals surface area contributed by atoms with Crippen LogP contribution in [0.1, 0.15) is 42.6 Å². The molecule has 0 aliphatic carbocycles. The second-order valence-electron chi connectivity index (χ2n) is 6.01. The molecule has 2 aromatic rings. The van der Waals surface area contributed by atoms with Gasteiger partial charge in [-0.1, -0.05) is 32.4 Å². The van der Waals surface area contributed by atoms with Crippen LogP contribution in [-0.2, 0) is 11.2 Å². The summed E-state index contributed by atoms with van der Waals surface area (Å²) in [6, 6.07) is 14.6. The van der Waals surface area contributed by atoms with Gasteiger partial charge in [-0.3, -0.25) is 9.59 Å². The summed E-state index contributed by atoms with van der Waals surface area (Å²) in [5.41, 5.74) is 2.42. The van der Waals surface area contributed by atoms with E-state index in [0.29, 0.717) is 12.2 Å². The van der Waals surface area contributed by atoms with Crippen molar-refractivity contribution in [3.63, 3.8) is 0 Å². The minimum Gasteiger partial charge on any atom is -0.494 e. The molecule has 0 saturated carbocycles. The summed E-state index contributed by atoms with van der Waals surface area (Å²) in [6.45, 7) is 4.77. The lowest BCUT2D eigenvalue weighted by molar-refractivity contribution is -0.115. The van der Waals surface area contributed by atoms with E-state index in [1.165, 1.54) is 5.56 Å². The number of unbranched alkanes of at least 4 members (excludes halogenated alkanes) is 1. The number of benzene rings is 2. The summed E-state index contributed by atoms with van der Waals surface area (Å²) < 4.78 is 5.57. The van der Waals surface area contributed by atoms with Crippen LogP contribution in [0, 0.1) is 0 Å². The van der Waals surface area contributed by atoms with E-state index < -0.39 is 0 Å². The van der Waals surface area contributed by atoms with Crippen LogP contribution in [0.4, 0.5) is 5.69 Å². The van der Waals surface area contributed by atoms with Crippen molar-refractivity contribution in [2.45, 2.75) is 33.1 Å². The number of hydrogen-bond donors (Lipinski definition) is 2. The second-order valence-corrected chi connectivity index (χ2v) is 6.01. The normalized spacial score (nSPS) is 10.2. The zero-order valence-electron chi connectivity index (χ0n) is 15.4. The molecule has 0 aliphatic heterocycles. The average molecular weight is 354 g/mol. The van der Waals surface area contributed by atoms with Crippen LogP contribution < -0.4 is 15.4 Å². The SMILES string of the molecule is CCCCOc1ccc(C(=O)NCC(=O)Nc2ccc(CC)cc2)cc1. The van der Waals surface area contributed by atoms with Gasteiger partial charge in [-0.2, -0.15) is 0 Å². The Kier molecular flexibility index (Phi) is 7.68. The number of anilines is 1. The largest absolute Gasteiger partial charge is 0.494 e. The van der Waals surface area contributed by atoms with Crippen molar-refractivity contribution in [1.82, 2.24) is 5.32 Å². The Labute approximate surface area is 154 Å². The zero-order chi connectivity index (χ0) is 18.8. The zero-order valence-corrected chi connectivity index (χ0v) is 15.4. The molecule has 26 heavy (non-hydrogen) atoms.